The fourth-order valence-corrected chi connectivity index (χ4v) is 1.21. The molecule has 0 saturated carbocycles. The predicted molar refractivity (Wildman–Crippen MR) is 81.7 cm³/mol. The molecule has 1 aromatic carbocycles. The Kier molecular flexibility index (Phi) is 11.2. The topological polar surface area (TPSA) is 38.0 Å². The SMILES string of the molecule is C=Cc1c(N)cccc1C(=C)NC.CC.CC. The highest BCUT2D eigenvalue weighted by Crippen LogP contribution is 2.22. The standard InChI is InChI=1S/C11H14N2.2C2H6/c1-4-9-10(8(2)13-3)6-5-7-11(9)12;2*1-2/h4-7,13H,1-2,12H2,3H3;2*1-2H3. The molecule has 3 N–H and O–H groups in total. The van der Waals surface area contributed by atoms with E-state index in [4.69, 9.17) is 5.73 Å². The zero-order valence-corrected chi connectivity index (χ0v) is 11.8. The first-order valence-corrected chi connectivity index (χ1v) is 6.08. The van der Waals surface area contributed by atoms with E-state index >= 15 is 0 Å². The second kappa shape index (κ2) is 10.8. The van der Waals surface area contributed by atoms with Gasteiger partial charge in [0.1, 0.15) is 0 Å². The van der Waals surface area contributed by atoms with Crippen molar-refractivity contribution in [2.24, 2.45) is 0 Å². The van der Waals surface area contributed by atoms with E-state index in [1.165, 1.54) is 0 Å². The third-order valence-electron chi connectivity index (χ3n) is 1.97. The van der Waals surface area contributed by atoms with Crippen molar-refractivity contribution in [3.8, 4) is 0 Å². The van der Waals surface area contributed by atoms with Gasteiger partial charge in [-0.3, -0.25) is 0 Å². The van der Waals surface area contributed by atoms with E-state index < -0.39 is 0 Å². The van der Waals surface area contributed by atoms with E-state index in [2.05, 4.69) is 18.5 Å². The van der Waals surface area contributed by atoms with Crippen LogP contribution in [0.2, 0.25) is 0 Å². The Morgan fingerprint density at radius 3 is 2.18 bits per heavy atom. The van der Waals surface area contributed by atoms with Gasteiger partial charge in [-0.15, -0.1) is 0 Å². The van der Waals surface area contributed by atoms with Crippen LogP contribution in [0, 0.1) is 0 Å². The molecule has 0 bridgehead atoms. The minimum Gasteiger partial charge on any atom is -0.398 e. The van der Waals surface area contributed by atoms with Crippen molar-refractivity contribution in [3.05, 3.63) is 42.5 Å². The first-order valence-electron chi connectivity index (χ1n) is 6.08. The van der Waals surface area contributed by atoms with Crippen molar-refractivity contribution in [1.29, 1.82) is 0 Å². The highest BCUT2D eigenvalue weighted by Gasteiger charge is 2.04. The molecule has 0 radical (unpaired) electrons. The van der Waals surface area contributed by atoms with Gasteiger partial charge in [0.2, 0.25) is 0 Å². The summed E-state index contributed by atoms with van der Waals surface area (Å²) in [5.74, 6) is 0. The van der Waals surface area contributed by atoms with Crippen molar-refractivity contribution in [2.45, 2.75) is 27.7 Å². The third-order valence-corrected chi connectivity index (χ3v) is 1.97. The van der Waals surface area contributed by atoms with Gasteiger partial charge in [0.05, 0.1) is 0 Å². The summed E-state index contributed by atoms with van der Waals surface area (Å²) in [6.45, 7) is 15.6. The van der Waals surface area contributed by atoms with Gasteiger partial charge in [0.15, 0.2) is 0 Å². The molecule has 17 heavy (non-hydrogen) atoms. The maximum atomic E-state index is 5.78. The summed E-state index contributed by atoms with van der Waals surface area (Å²) in [5, 5.41) is 2.99. The van der Waals surface area contributed by atoms with Gasteiger partial charge in [0.25, 0.3) is 0 Å². The van der Waals surface area contributed by atoms with E-state index in [-0.39, 0.29) is 0 Å². The Hall–Kier alpha value is -1.70. The van der Waals surface area contributed by atoms with E-state index in [0.29, 0.717) is 0 Å². The number of nitrogens with one attached hydrogen (secondary N) is 1. The summed E-state index contributed by atoms with van der Waals surface area (Å²) in [4.78, 5) is 0. The highest BCUT2D eigenvalue weighted by molar-refractivity contribution is 5.78. The molecule has 0 aliphatic carbocycles. The van der Waals surface area contributed by atoms with Crippen molar-refractivity contribution in [3.63, 3.8) is 0 Å². The molecule has 0 fully saturated rings. The summed E-state index contributed by atoms with van der Waals surface area (Å²) in [6.07, 6.45) is 1.74. The molecule has 0 amide bonds. The zero-order chi connectivity index (χ0) is 13.8. The Labute approximate surface area is 106 Å². The monoisotopic (exact) mass is 234 g/mol. The van der Waals surface area contributed by atoms with Crippen LogP contribution < -0.4 is 11.1 Å². The Bertz CT molecular complexity index is 341. The molecule has 0 atom stereocenters. The maximum absolute atomic E-state index is 5.78. The Morgan fingerprint density at radius 1 is 1.24 bits per heavy atom. The van der Waals surface area contributed by atoms with Gasteiger partial charge in [-0.2, -0.15) is 0 Å². The van der Waals surface area contributed by atoms with Gasteiger partial charge < -0.3 is 11.1 Å². The smallest absolute Gasteiger partial charge is 0.0394 e. The van der Waals surface area contributed by atoms with Crippen LogP contribution in [-0.4, -0.2) is 7.05 Å². The van der Waals surface area contributed by atoms with Gasteiger partial charge in [0, 0.05) is 29.6 Å². The highest BCUT2D eigenvalue weighted by atomic mass is 14.8. The molecule has 0 unspecified atom stereocenters. The lowest BCUT2D eigenvalue weighted by molar-refractivity contribution is 1.13. The van der Waals surface area contributed by atoms with Crippen molar-refractivity contribution < 1.29 is 0 Å². The summed E-state index contributed by atoms with van der Waals surface area (Å²) in [7, 11) is 1.83. The molecule has 0 spiro atoms. The first-order chi connectivity index (χ1) is 8.20. The number of nitrogens with two attached hydrogens (primary N) is 1. The number of nitrogen functional groups attached to an aromatic ring is 1. The average molecular weight is 234 g/mol. The number of anilines is 1. The molecule has 0 aliphatic rings. The fraction of sp³-hybridized carbons (Fsp3) is 0.333. The number of hydrogen-bond donors (Lipinski definition) is 2. The quantitative estimate of drug-likeness (QED) is 0.771. The van der Waals surface area contributed by atoms with Crippen LogP contribution in [0.25, 0.3) is 11.8 Å². The van der Waals surface area contributed by atoms with E-state index in [9.17, 15) is 0 Å². The molecule has 1 aromatic rings. The fourth-order valence-electron chi connectivity index (χ4n) is 1.21. The molecular weight excluding hydrogens is 208 g/mol. The summed E-state index contributed by atoms with van der Waals surface area (Å²) < 4.78 is 0. The van der Waals surface area contributed by atoms with E-state index in [0.717, 1.165) is 22.5 Å². The lowest BCUT2D eigenvalue weighted by Gasteiger charge is -2.10. The molecule has 0 aliphatic heterocycles. The van der Waals surface area contributed by atoms with Crippen LogP contribution >= 0.6 is 0 Å². The normalized spacial score (nSPS) is 7.82. The molecule has 2 heteroatoms. The summed E-state index contributed by atoms with van der Waals surface area (Å²) in [6, 6.07) is 5.72. The van der Waals surface area contributed by atoms with Crippen LogP contribution in [0.3, 0.4) is 0 Å². The summed E-state index contributed by atoms with van der Waals surface area (Å²) in [5.41, 5.74) is 9.29. The number of rotatable bonds is 3. The van der Waals surface area contributed by atoms with Gasteiger partial charge >= 0.3 is 0 Å². The van der Waals surface area contributed by atoms with Crippen LogP contribution in [0.1, 0.15) is 38.8 Å². The second-order valence-electron chi connectivity index (χ2n) is 2.74. The Balaban J connectivity index is 0. The van der Waals surface area contributed by atoms with Gasteiger partial charge in [-0.05, 0) is 6.07 Å². The average Bonchev–Trinajstić information content (AvgIpc) is 2.42. The molecule has 0 aromatic heterocycles. The molecule has 2 nitrogen and oxygen atoms in total. The predicted octanol–water partition coefficient (Wildman–Crippen LogP) is 4.15. The lowest BCUT2D eigenvalue weighted by atomic mass is 10.0. The zero-order valence-electron chi connectivity index (χ0n) is 11.8. The summed E-state index contributed by atoms with van der Waals surface area (Å²) >= 11 is 0. The van der Waals surface area contributed by atoms with Crippen molar-refractivity contribution in [2.75, 3.05) is 12.8 Å². The Morgan fingerprint density at radius 2 is 1.76 bits per heavy atom. The van der Waals surface area contributed by atoms with Crippen molar-refractivity contribution >= 4 is 17.5 Å². The van der Waals surface area contributed by atoms with E-state index in [1.807, 2.05) is 52.9 Å². The first kappa shape index (κ1) is 17.7. The molecule has 96 valence electrons. The molecule has 0 heterocycles. The molecular formula is C15H26N2. The van der Waals surface area contributed by atoms with Gasteiger partial charge in [-0.1, -0.05) is 59.1 Å². The number of benzene rings is 1. The number of hydrogen-bond acceptors (Lipinski definition) is 2. The second-order valence-corrected chi connectivity index (χ2v) is 2.74. The van der Waals surface area contributed by atoms with Crippen molar-refractivity contribution in [1.82, 2.24) is 5.32 Å². The van der Waals surface area contributed by atoms with Crippen LogP contribution in [0.5, 0.6) is 0 Å². The molecule has 0 saturated heterocycles. The van der Waals surface area contributed by atoms with Crippen LogP contribution in [0.4, 0.5) is 5.69 Å². The minimum absolute atomic E-state index is 0.726. The lowest BCUT2D eigenvalue weighted by Crippen LogP contribution is -2.05. The maximum Gasteiger partial charge on any atom is 0.0394 e. The van der Waals surface area contributed by atoms with Crippen LogP contribution in [0.15, 0.2) is 31.4 Å². The van der Waals surface area contributed by atoms with Gasteiger partial charge in [-0.25, -0.2) is 0 Å². The third kappa shape index (κ3) is 5.25. The largest absolute Gasteiger partial charge is 0.398 e. The van der Waals surface area contributed by atoms with Crippen LogP contribution in [-0.2, 0) is 0 Å². The molecule has 1 rings (SSSR count). The minimum atomic E-state index is 0.726. The van der Waals surface area contributed by atoms with E-state index in [1.54, 1.807) is 6.08 Å².